The van der Waals surface area contributed by atoms with Crippen LogP contribution >= 0.6 is 0 Å². The zero-order chi connectivity index (χ0) is 16.8. The van der Waals surface area contributed by atoms with E-state index in [9.17, 15) is 4.79 Å². The fraction of sp³-hybridized carbons (Fsp3) is 0.316. The molecule has 2 rings (SSSR count). The molecular weight excluding hydrogens is 290 g/mol. The number of ether oxygens (including phenoxy) is 2. The summed E-state index contributed by atoms with van der Waals surface area (Å²) in [6.07, 6.45) is 0.0634. The minimum atomic E-state index is -0.529. The number of hydrogen-bond donors (Lipinski definition) is 1. The van der Waals surface area contributed by atoms with E-state index in [2.05, 4.69) is 5.32 Å². The Balaban J connectivity index is 2.05. The lowest BCUT2D eigenvalue weighted by molar-refractivity contribution is -0.122. The third kappa shape index (κ3) is 4.49. The van der Waals surface area contributed by atoms with E-state index in [-0.39, 0.29) is 5.91 Å². The second kappa shape index (κ2) is 7.68. The summed E-state index contributed by atoms with van der Waals surface area (Å²) >= 11 is 0. The van der Waals surface area contributed by atoms with Crippen molar-refractivity contribution in [3.63, 3.8) is 0 Å². The highest BCUT2D eigenvalue weighted by Gasteiger charge is 2.19. The smallest absolute Gasteiger partial charge is 0.265 e. The molecule has 0 saturated carbocycles. The van der Waals surface area contributed by atoms with Crippen LogP contribution in [0.5, 0.6) is 11.5 Å². The maximum absolute atomic E-state index is 12.4. The average molecular weight is 313 g/mol. The van der Waals surface area contributed by atoms with E-state index in [4.69, 9.17) is 9.47 Å². The van der Waals surface area contributed by atoms with E-state index in [0.717, 1.165) is 22.7 Å². The lowest BCUT2D eigenvalue weighted by Gasteiger charge is -2.19. The summed E-state index contributed by atoms with van der Waals surface area (Å²) in [6, 6.07) is 13.2. The summed E-state index contributed by atoms with van der Waals surface area (Å²) < 4.78 is 11.0. The van der Waals surface area contributed by atoms with Gasteiger partial charge >= 0.3 is 0 Å². The first-order valence-electron chi connectivity index (χ1n) is 7.72. The Morgan fingerprint density at radius 1 is 1.13 bits per heavy atom. The van der Waals surface area contributed by atoms with Crippen molar-refractivity contribution >= 4 is 11.6 Å². The summed E-state index contributed by atoms with van der Waals surface area (Å²) in [5.74, 6) is 1.34. The number of nitrogens with one attached hydrogen (secondary N) is 1. The minimum absolute atomic E-state index is 0.155. The predicted octanol–water partition coefficient (Wildman–Crippen LogP) is 4.11. The molecule has 1 amide bonds. The van der Waals surface area contributed by atoms with Crippen molar-refractivity contribution in [2.24, 2.45) is 0 Å². The van der Waals surface area contributed by atoms with Crippen molar-refractivity contribution < 1.29 is 14.3 Å². The van der Waals surface area contributed by atoms with Crippen LogP contribution < -0.4 is 14.8 Å². The topological polar surface area (TPSA) is 47.6 Å². The first kappa shape index (κ1) is 16.9. The molecule has 23 heavy (non-hydrogen) atoms. The number of carbonyl (C=O) groups excluding carboxylic acids is 1. The van der Waals surface area contributed by atoms with Crippen molar-refractivity contribution in [3.05, 3.63) is 53.6 Å². The molecule has 0 bridgehead atoms. The van der Waals surface area contributed by atoms with E-state index in [1.807, 2.05) is 51.1 Å². The van der Waals surface area contributed by atoms with Gasteiger partial charge in [0.2, 0.25) is 0 Å². The Morgan fingerprint density at radius 3 is 2.39 bits per heavy atom. The highest BCUT2D eigenvalue weighted by Crippen LogP contribution is 2.22. The molecule has 1 N–H and O–H groups in total. The van der Waals surface area contributed by atoms with E-state index in [0.29, 0.717) is 6.42 Å². The monoisotopic (exact) mass is 313 g/mol. The summed E-state index contributed by atoms with van der Waals surface area (Å²) in [5, 5.41) is 2.88. The molecule has 4 heteroatoms. The summed E-state index contributed by atoms with van der Waals surface area (Å²) in [5.41, 5.74) is 2.92. The molecule has 0 heterocycles. The van der Waals surface area contributed by atoms with E-state index in [1.165, 1.54) is 5.56 Å². The van der Waals surface area contributed by atoms with Gasteiger partial charge in [0.1, 0.15) is 11.5 Å². The third-order valence-corrected chi connectivity index (χ3v) is 3.62. The lowest BCUT2D eigenvalue weighted by atomic mass is 10.1. The number of hydrogen-bond acceptors (Lipinski definition) is 3. The predicted molar refractivity (Wildman–Crippen MR) is 92.2 cm³/mol. The number of carbonyl (C=O) groups is 1. The Morgan fingerprint density at radius 2 is 1.83 bits per heavy atom. The van der Waals surface area contributed by atoms with Crippen LogP contribution in [0.3, 0.4) is 0 Å². The van der Waals surface area contributed by atoms with Gasteiger partial charge in [0.05, 0.1) is 7.11 Å². The number of anilines is 1. The SMILES string of the molecule is CCC(Oc1ccc(C)cc1C)C(=O)Nc1ccc(OC)cc1. The fourth-order valence-corrected chi connectivity index (χ4v) is 2.30. The molecule has 0 spiro atoms. The van der Waals surface area contributed by atoms with Crippen LogP contribution in [0.25, 0.3) is 0 Å². The van der Waals surface area contributed by atoms with Gasteiger partial charge in [-0.05, 0) is 56.2 Å². The maximum Gasteiger partial charge on any atom is 0.265 e. The van der Waals surface area contributed by atoms with Crippen LogP contribution in [0.1, 0.15) is 24.5 Å². The molecule has 0 aliphatic rings. The molecular formula is C19H23NO3. The quantitative estimate of drug-likeness (QED) is 0.873. The van der Waals surface area contributed by atoms with Crippen LogP contribution in [0, 0.1) is 13.8 Å². The van der Waals surface area contributed by atoms with Gasteiger partial charge in [-0.15, -0.1) is 0 Å². The number of aryl methyl sites for hydroxylation is 2. The standard InChI is InChI=1S/C19H23NO3/c1-5-17(23-18-11-6-13(2)12-14(18)3)19(21)20-15-7-9-16(22-4)10-8-15/h6-12,17H,5H2,1-4H3,(H,20,21). The van der Waals surface area contributed by atoms with Crippen LogP contribution in [-0.4, -0.2) is 19.1 Å². The van der Waals surface area contributed by atoms with Gasteiger partial charge in [0, 0.05) is 5.69 Å². The van der Waals surface area contributed by atoms with E-state index < -0.39 is 6.10 Å². The Labute approximate surface area is 137 Å². The first-order chi connectivity index (χ1) is 11.0. The number of amides is 1. The van der Waals surface area contributed by atoms with Crippen LogP contribution in [0.4, 0.5) is 5.69 Å². The molecule has 122 valence electrons. The highest BCUT2D eigenvalue weighted by molar-refractivity contribution is 5.94. The van der Waals surface area contributed by atoms with Crippen molar-refractivity contribution in [1.29, 1.82) is 0 Å². The zero-order valence-corrected chi connectivity index (χ0v) is 14.1. The fourth-order valence-electron chi connectivity index (χ4n) is 2.30. The van der Waals surface area contributed by atoms with Crippen molar-refractivity contribution in [3.8, 4) is 11.5 Å². The Kier molecular flexibility index (Phi) is 5.63. The lowest BCUT2D eigenvalue weighted by Crippen LogP contribution is -2.32. The van der Waals surface area contributed by atoms with Gasteiger partial charge in [0.15, 0.2) is 6.10 Å². The van der Waals surface area contributed by atoms with Crippen molar-refractivity contribution in [1.82, 2.24) is 0 Å². The Hall–Kier alpha value is -2.49. The van der Waals surface area contributed by atoms with Gasteiger partial charge in [-0.3, -0.25) is 4.79 Å². The molecule has 0 fully saturated rings. The number of benzene rings is 2. The summed E-state index contributed by atoms with van der Waals surface area (Å²) in [6.45, 7) is 5.95. The molecule has 1 atom stereocenters. The number of rotatable bonds is 6. The van der Waals surface area contributed by atoms with Crippen LogP contribution in [-0.2, 0) is 4.79 Å². The van der Waals surface area contributed by atoms with Gasteiger partial charge < -0.3 is 14.8 Å². The maximum atomic E-state index is 12.4. The summed E-state index contributed by atoms with van der Waals surface area (Å²) in [7, 11) is 1.61. The molecule has 0 aromatic heterocycles. The van der Waals surface area contributed by atoms with Gasteiger partial charge in [0.25, 0.3) is 5.91 Å². The van der Waals surface area contributed by atoms with Gasteiger partial charge in [-0.25, -0.2) is 0 Å². The van der Waals surface area contributed by atoms with Gasteiger partial charge in [-0.2, -0.15) is 0 Å². The zero-order valence-electron chi connectivity index (χ0n) is 14.1. The van der Waals surface area contributed by atoms with Crippen LogP contribution in [0.2, 0.25) is 0 Å². The van der Waals surface area contributed by atoms with E-state index in [1.54, 1.807) is 19.2 Å². The molecule has 4 nitrogen and oxygen atoms in total. The molecule has 0 radical (unpaired) electrons. The second-order valence-corrected chi connectivity index (χ2v) is 5.50. The molecule has 2 aromatic carbocycles. The Bertz CT molecular complexity index is 665. The largest absolute Gasteiger partial charge is 0.497 e. The highest BCUT2D eigenvalue weighted by atomic mass is 16.5. The normalized spacial score (nSPS) is 11.7. The molecule has 0 aliphatic carbocycles. The molecule has 0 aliphatic heterocycles. The van der Waals surface area contributed by atoms with Crippen LogP contribution in [0.15, 0.2) is 42.5 Å². The average Bonchev–Trinajstić information content (AvgIpc) is 2.54. The molecule has 1 unspecified atom stereocenters. The molecule has 0 saturated heterocycles. The second-order valence-electron chi connectivity index (χ2n) is 5.50. The first-order valence-corrected chi connectivity index (χ1v) is 7.72. The minimum Gasteiger partial charge on any atom is -0.497 e. The summed E-state index contributed by atoms with van der Waals surface area (Å²) in [4.78, 5) is 12.4. The van der Waals surface area contributed by atoms with Gasteiger partial charge in [-0.1, -0.05) is 24.6 Å². The molecule has 2 aromatic rings. The van der Waals surface area contributed by atoms with Crippen molar-refractivity contribution in [2.45, 2.75) is 33.3 Å². The van der Waals surface area contributed by atoms with Crippen molar-refractivity contribution in [2.75, 3.05) is 12.4 Å². The third-order valence-electron chi connectivity index (χ3n) is 3.62. The van der Waals surface area contributed by atoms with E-state index >= 15 is 0 Å². The number of methoxy groups -OCH3 is 1.